The van der Waals surface area contributed by atoms with Crippen LogP contribution in [0.2, 0.25) is 0 Å². The van der Waals surface area contributed by atoms with E-state index in [1.807, 2.05) is 24.3 Å². The van der Waals surface area contributed by atoms with Crippen LogP contribution in [0.25, 0.3) is 34.8 Å². The van der Waals surface area contributed by atoms with Gasteiger partial charge in [0, 0.05) is 33.7 Å². The molecule has 0 radical (unpaired) electrons. The van der Waals surface area contributed by atoms with Crippen molar-refractivity contribution < 1.29 is 0 Å². The molecule has 4 aromatic carbocycles. The summed E-state index contributed by atoms with van der Waals surface area (Å²) in [6.07, 6.45) is 8.08. The Bertz CT molecular complexity index is 1500. The van der Waals surface area contributed by atoms with Crippen molar-refractivity contribution in [3.8, 4) is 5.69 Å². The Kier molecular flexibility index (Phi) is 6.19. The van der Waals surface area contributed by atoms with E-state index in [2.05, 4.69) is 133 Å². The van der Waals surface area contributed by atoms with Crippen LogP contribution in [-0.4, -0.2) is 4.57 Å². The van der Waals surface area contributed by atoms with Gasteiger partial charge in [-0.25, -0.2) is 0 Å². The van der Waals surface area contributed by atoms with Gasteiger partial charge in [-0.2, -0.15) is 0 Å². The van der Waals surface area contributed by atoms with Gasteiger partial charge in [-0.15, -0.1) is 0 Å². The second-order valence-corrected chi connectivity index (χ2v) is 8.34. The number of benzene rings is 4. The summed E-state index contributed by atoms with van der Waals surface area (Å²) in [6.45, 7) is 10.1. The number of anilines is 3. The number of aromatic nitrogens is 1. The number of fused-ring (bicyclic) bond motifs is 1. The molecule has 170 valence electrons. The monoisotopic (exact) mass is 452 g/mol. The van der Waals surface area contributed by atoms with Gasteiger partial charge in [-0.05, 0) is 73.2 Å². The predicted octanol–water partition coefficient (Wildman–Crippen LogP) is 9.42. The van der Waals surface area contributed by atoms with Crippen LogP contribution in [0.15, 0.2) is 122 Å². The molecule has 0 N–H and O–H groups in total. The Morgan fingerprint density at radius 3 is 1.94 bits per heavy atom. The summed E-state index contributed by atoms with van der Waals surface area (Å²) in [5.74, 6) is 0. The van der Waals surface area contributed by atoms with E-state index >= 15 is 0 Å². The van der Waals surface area contributed by atoms with Crippen LogP contribution < -0.4 is 4.90 Å². The van der Waals surface area contributed by atoms with Crippen LogP contribution >= 0.6 is 0 Å². The molecule has 0 atom stereocenters. The molecule has 0 aliphatic heterocycles. The topological polar surface area (TPSA) is 8.17 Å². The number of para-hydroxylation sites is 2. The van der Waals surface area contributed by atoms with Gasteiger partial charge in [0.15, 0.2) is 0 Å². The predicted molar refractivity (Wildman–Crippen MR) is 153 cm³/mol. The molecule has 0 amide bonds. The number of hydrogen-bond acceptors (Lipinski definition) is 1. The van der Waals surface area contributed by atoms with Crippen molar-refractivity contribution in [1.29, 1.82) is 0 Å². The molecule has 0 aliphatic rings. The Labute approximate surface area is 207 Å². The minimum absolute atomic E-state index is 1.09. The first-order valence-electron chi connectivity index (χ1n) is 11.8. The Morgan fingerprint density at radius 2 is 1.31 bits per heavy atom. The largest absolute Gasteiger partial charge is 0.310 e. The molecular formula is C33H28N2. The van der Waals surface area contributed by atoms with Gasteiger partial charge in [0.05, 0.1) is 11.2 Å². The average molecular weight is 453 g/mol. The van der Waals surface area contributed by atoms with Crippen molar-refractivity contribution in [3.05, 3.63) is 139 Å². The normalized spacial score (nSPS) is 11.1. The fourth-order valence-electron chi connectivity index (χ4n) is 4.64. The third-order valence-corrected chi connectivity index (χ3v) is 6.23. The summed E-state index contributed by atoms with van der Waals surface area (Å²) in [5, 5.41) is 1.18. The Balaban J connectivity index is 1.77. The highest BCUT2D eigenvalue weighted by Gasteiger charge is 2.18. The smallest absolute Gasteiger partial charge is 0.0542 e. The molecule has 0 spiro atoms. The summed E-state index contributed by atoms with van der Waals surface area (Å²) in [4.78, 5) is 2.29. The minimum Gasteiger partial charge on any atom is -0.310 e. The SMILES string of the molecule is C=Cc1ccc(N(c2ccccc2)c2ccc3c(c2)c(/C=C\C)c(C=C)n3-c2ccccc2)cc1. The van der Waals surface area contributed by atoms with Crippen molar-refractivity contribution in [2.24, 2.45) is 0 Å². The summed E-state index contributed by atoms with van der Waals surface area (Å²) in [6, 6.07) is 36.1. The standard InChI is InChI=1S/C33H28N2/c1-4-13-30-31-24-29(22-23-33(31)35(32(30)6-3)27-16-11-8-12-17-27)34(26-14-9-7-10-15-26)28-20-18-25(5-2)19-21-28/h4-24H,2-3H2,1H3/b13-4-. The second-order valence-electron chi connectivity index (χ2n) is 8.34. The lowest BCUT2D eigenvalue weighted by Gasteiger charge is -2.25. The summed E-state index contributed by atoms with van der Waals surface area (Å²) in [7, 11) is 0. The van der Waals surface area contributed by atoms with Crippen molar-refractivity contribution >= 4 is 46.2 Å². The van der Waals surface area contributed by atoms with E-state index in [0.29, 0.717) is 0 Å². The van der Waals surface area contributed by atoms with Crippen LogP contribution in [0.1, 0.15) is 23.7 Å². The van der Waals surface area contributed by atoms with E-state index in [4.69, 9.17) is 0 Å². The van der Waals surface area contributed by atoms with Crippen LogP contribution in [-0.2, 0) is 0 Å². The fourth-order valence-corrected chi connectivity index (χ4v) is 4.64. The first kappa shape index (κ1) is 22.2. The van der Waals surface area contributed by atoms with Gasteiger partial charge < -0.3 is 9.47 Å². The lowest BCUT2D eigenvalue weighted by Crippen LogP contribution is -2.09. The number of rotatable bonds is 7. The molecule has 0 saturated heterocycles. The highest BCUT2D eigenvalue weighted by molar-refractivity contribution is 5.98. The van der Waals surface area contributed by atoms with Gasteiger partial charge in [-0.3, -0.25) is 0 Å². The summed E-state index contributed by atoms with van der Waals surface area (Å²) >= 11 is 0. The van der Waals surface area contributed by atoms with Gasteiger partial charge in [0.25, 0.3) is 0 Å². The lowest BCUT2D eigenvalue weighted by atomic mass is 10.1. The Morgan fingerprint density at radius 1 is 0.686 bits per heavy atom. The maximum Gasteiger partial charge on any atom is 0.0542 e. The highest BCUT2D eigenvalue weighted by Crippen LogP contribution is 2.39. The first-order chi connectivity index (χ1) is 17.2. The molecule has 1 aromatic heterocycles. The zero-order chi connectivity index (χ0) is 24.2. The quantitative estimate of drug-likeness (QED) is 0.239. The lowest BCUT2D eigenvalue weighted by molar-refractivity contribution is 1.11. The molecule has 2 heteroatoms. The summed E-state index contributed by atoms with van der Waals surface area (Å²) in [5.41, 5.74) is 8.93. The van der Waals surface area contributed by atoms with Gasteiger partial charge in [0.1, 0.15) is 0 Å². The summed E-state index contributed by atoms with van der Waals surface area (Å²) < 4.78 is 2.28. The maximum atomic E-state index is 4.15. The van der Waals surface area contributed by atoms with E-state index in [0.717, 1.165) is 39.5 Å². The van der Waals surface area contributed by atoms with Crippen molar-refractivity contribution in [2.75, 3.05) is 4.90 Å². The molecule has 0 saturated carbocycles. The molecule has 1 heterocycles. The number of hydrogen-bond donors (Lipinski definition) is 0. The number of allylic oxidation sites excluding steroid dienone is 1. The fraction of sp³-hybridized carbons (Fsp3) is 0.0303. The van der Waals surface area contributed by atoms with E-state index in [1.54, 1.807) is 0 Å². The van der Waals surface area contributed by atoms with E-state index in [9.17, 15) is 0 Å². The molecular weight excluding hydrogens is 424 g/mol. The molecule has 0 bridgehead atoms. The van der Waals surface area contributed by atoms with Crippen LogP contribution in [0.4, 0.5) is 17.1 Å². The van der Waals surface area contributed by atoms with E-state index in [1.165, 1.54) is 10.9 Å². The van der Waals surface area contributed by atoms with Gasteiger partial charge in [-0.1, -0.05) is 79.9 Å². The molecule has 5 aromatic rings. The average Bonchev–Trinajstić information content (AvgIpc) is 3.23. The zero-order valence-corrected chi connectivity index (χ0v) is 19.9. The number of nitrogens with zero attached hydrogens (tertiary/aromatic N) is 2. The molecule has 0 aliphatic carbocycles. The molecule has 0 unspecified atom stereocenters. The highest BCUT2D eigenvalue weighted by atomic mass is 15.1. The van der Waals surface area contributed by atoms with Crippen LogP contribution in [0.5, 0.6) is 0 Å². The maximum absolute atomic E-state index is 4.15. The second kappa shape index (κ2) is 9.74. The van der Waals surface area contributed by atoms with Crippen LogP contribution in [0.3, 0.4) is 0 Å². The molecule has 2 nitrogen and oxygen atoms in total. The van der Waals surface area contributed by atoms with E-state index < -0.39 is 0 Å². The third-order valence-electron chi connectivity index (χ3n) is 6.23. The van der Waals surface area contributed by atoms with Crippen molar-refractivity contribution in [2.45, 2.75) is 6.92 Å². The minimum atomic E-state index is 1.09. The first-order valence-corrected chi connectivity index (χ1v) is 11.8. The van der Waals surface area contributed by atoms with Gasteiger partial charge in [0.2, 0.25) is 0 Å². The molecule has 35 heavy (non-hydrogen) atoms. The van der Waals surface area contributed by atoms with Crippen molar-refractivity contribution in [1.82, 2.24) is 4.57 Å². The zero-order valence-electron chi connectivity index (χ0n) is 19.9. The Hall–Kier alpha value is -4.56. The molecule has 5 rings (SSSR count). The van der Waals surface area contributed by atoms with Gasteiger partial charge >= 0.3 is 0 Å². The van der Waals surface area contributed by atoms with E-state index in [-0.39, 0.29) is 0 Å². The van der Waals surface area contributed by atoms with Crippen LogP contribution in [0, 0.1) is 0 Å². The van der Waals surface area contributed by atoms with Crippen molar-refractivity contribution in [3.63, 3.8) is 0 Å². The third kappa shape index (κ3) is 4.11. The molecule has 0 fully saturated rings.